The van der Waals surface area contributed by atoms with E-state index >= 15 is 0 Å². The number of hydrogen-bond donors (Lipinski definition) is 0. The molecule has 4 aromatic rings. The second kappa shape index (κ2) is 9.07. The quantitative estimate of drug-likeness (QED) is 0.339. The molecule has 0 aliphatic carbocycles. The molecule has 0 spiro atoms. The Morgan fingerprint density at radius 2 is 2.10 bits per heavy atom. The van der Waals surface area contributed by atoms with Gasteiger partial charge in [0.1, 0.15) is 0 Å². The molecule has 1 amide bonds. The molecule has 160 valence electrons. The van der Waals surface area contributed by atoms with Crippen LogP contribution in [0.1, 0.15) is 30.7 Å². The summed E-state index contributed by atoms with van der Waals surface area (Å²) in [5.41, 5.74) is 3.96. The van der Waals surface area contributed by atoms with Gasteiger partial charge < -0.3 is 4.42 Å². The molecule has 0 aliphatic rings. The van der Waals surface area contributed by atoms with E-state index in [0.717, 1.165) is 34.2 Å². The molecule has 4 rings (SSSR count). The van der Waals surface area contributed by atoms with Crippen LogP contribution >= 0.6 is 23.1 Å². The number of amides is 1. The number of nitrogens with zero attached hydrogens (tertiary/aromatic N) is 5. The molecule has 0 radical (unpaired) electrons. The molecule has 3 aromatic heterocycles. The van der Waals surface area contributed by atoms with Crippen molar-refractivity contribution in [3.05, 3.63) is 58.8 Å². The van der Waals surface area contributed by atoms with Crippen molar-refractivity contribution in [3.63, 3.8) is 0 Å². The van der Waals surface area contributed by atoms with Crippen molar-refractivity contribution in [1.29, 1.82) is 0 Å². The van der Waals surface area contributed by atoms with Gasteiger partial charge in [0.05, 0.1) is 17.6 Å². The first kappa shape index (κ1) is 21.3. The molecule has 0 aliphatic heterocycles. The van der Waals surface area contributed by atoms with E-state index in [0.29, 0.717) is 22.5 Å². The van der Waals surface area contributed by atoms with Crippen LogP contribution < -0.4 is 4.90 Å². The Labute approximate surface area is 189 Å². The second-order valence-corrected chi connectivity index (χ2v) is 8.86. The van der Waals surface area contributed by atoms with Crippen molar-refractivity contribution >= 4 is 39.8 Å². The molecule has 9 heteroatoms. The van der Waals surface area contributed by atoms with Crippen LogP contribution in [0.3, 0.4) is 0 Å². The summed E-state index contributed by atoms with van der Waals surface area (Å²) in [5.74, 6) is 1.98. The third-order valence-corrected chi connectivity index (χ3v) is 6.64. The van der Waals surface area contributed by atoms with Crippen LogP contribution in [0.25, 0.3) is 11.6 Å². The molecule has 0 fully saturated rings. The minimum absolute atomic E-state index is 0.0608. The highest BCUT2D eigenvalue weighted by molar-refractivity contribution is 7.98. The van der Waals surface area contributed by atoms with Gasteiger partial charge in [0.15, 0.2) is 21.9 Å². The van der Waals surface area contributed by atoms with Gasteiger partial charge in [-0.3, -0.25) is 14.3 Å². The number of carbonyl (C=O) groups excluding carboxylic acids is 1. The summed E-state index contributed by atoms with van der Waals surface area (Å²) in [6, 6.07) is 9.77. The summed E-state index contributed by atoms with van der Waals surface area (Å²) >= 11 is 3.03. The number of thiazole rings is 1. The predicted molar refractivity (Wildman–Crippen MR) is 124 cm³/mol. The van der Waals surface area contributed by atoms with Gasteiger partial charge in [-0.15, -0.1) is 21.5 Å². The van der Waals surface area contributed by atoms with E-state index in [9.17, 15) is 4.79 Å². The molecular formula is C22H23N5O2S2. The van der Waals surface area contributed by atoms with E-state index < -0.39 is 0 Å². The highest BCUT2D eigenvalue weighted by atomic mass is 32.2. The number of hydrogen-bond acceptors (Lipinski definition) is 7. The molecule has 0 bridgehead atoms. The van der Waals surface area contributed by atoms with Crippen molar-refractivity contribution < 1.29 is 9.21 Å². The number of rotatable bonds is 7. The number of thioether (sulfide) groups is 1. The number of aromatic nitrogens is 4. The zero-order valence-corrected chi connectivity index (χ0v) is 19.5. The monoisotopic (exact) mass is 453 g/mol. The fraction of sp³-hybridized carbons (Fsp3) is 0.273. The van der Waals surface area contributed by atoms with Crippen LogP contribution in [0.5, 0.6) is 0 Å². The van der Waals surface area contributed by atoms with Crippen molar-refractivity contribution in [2.45, 2.75) is 45.1 Å². The lowest BCUT2D eigenvalue weighted by atomic mass is 10.1. The van der Waals surface area contributed by atoms with E-state index in [1.54, 1.807) is 29.8 Å². The first-order chi connectivity index (χ1) is 15.0. The first-order valence-corrected chi connectivity index (χ1v) is 11.8. The Balaban J connectivity index is 1.53. The number of carbonyl (C=O) groups is 1. The smallest absolute Gasteiger partial charge is 0.230 e. The molecule has 1 aromatic carbocycles. The number of furan rings is 1. The van der Waals surface area contributed by atoms with Gasteiger partial charge in [-0.25, -0.2) is 4.98 Å². The molecule has 3 heterocycles. The Bertz CT molecular complexity index is 1200. The fourth-order valence-electron chi connectivity index (χ4n) is 3.34. The van der Waals surface area contributed by atoms with Crippen molar-refractivity contribution in [1.82, 2.24) is 19.7 Å². The Morgan fingerprint density at radius 1 is 1.26 bits per heavy atom. The lowest BCUT2D eigenvalue weighted by Gasteiger charge is -2.20. The summed E-state index contributed by atoms with van der Waals surface area (Å²) in [5, 5.41) is 12.1. The van der Waals surface area contributed by atoms with E-state index in [1.165, 1.54) is 11.3 Å². The minimum Gasteiger partial charge on any atom is -0.461 e. The van der Waals surface area contributed by atoms with E-state index in [4.69, 9.17) is 9.40 Å². The van der Waals surface area contributed by atoms with Crippen LogP contribution in [-0.4, -0.2) is 25.7 Å². The van der Waals surface area contributed by atoms with Gasteiger partial charge in [-0.1, -0.05) is 29.5 Å². The Morgan fingerprint density at radius 3 is 2.77 bits per heavy atom. The molecular weight excluding hydrogens is 430 g/mol. The first-order valence-electron chi connectivity index (χ1n) is 9.90. The van der Waals surface area contributed by atoms with Crippen molar-refractivity contribution in [3.8, 4) is 11.6 Å². The van der Waals surface area contributed by atoms with E-state index in [2.05, 4.69) is 23.2 Å². The average Bonchev–Trinajstić information content (AvgIpc) is 3.48. The maximum atomic E-state index is 12.4. The third-order valence-electron chi connectivity index (χ3n) is 4.76. The molecule has 0 saturated carbocycles. The summed E-state index contributed by atoms with van der Waals surface area (Å²) in [6.07, 6.45) is 1.63. The van der Waals surface area contributed by atoms with E-state index in [-0.39, 0.29) is 5.91 Å². The zero-order valence-electron chi connectivity index (χ0n) is 17.8. The van der Waals surface area contributed by atoms with Crippen LogP contribution in [0, 0.1) is 13.8 Å². The van der Waals surface area contributed by atoms with Gasteiger partial charge in [0.2, 0.25) is 5.91 Å². The molecule has 0 unspecified atom stereocenters. The minimum atomic E-state index is -0.0608. The average molecular weight is 454 g/mol. The van der Waals surface area contributed by atoms with E-state index in [1.807, 2.05) is 48.1 Å². The van der Waals surface area contributed by atoms with Gasteiger partial charge in [-0.2, -0.15) is 0 Å². The van der Waals surface area contributed by atoms with Gasteiger partial charge in [0.25, 0.3) is 0 Å². The van der Waals surface area contributed by atoms with Crippen LogP contribution in [0.15, 0.2) is 51.5 Å². The van der Waals surface area contributed by atoms with Crippen molar-refractivity contribution in [2.24, 2.45) is 0 Å². The summed E-state index contributed by atoms with van der Waals surface area (Å²) < 4.78 is 7.49. The molecule has 0 saturated heterocycles. The number of aryl methyl sites for hydroxylation is 2. The Hall–Kier alpha value is -2.91. The van der Waals surface area contributed by atoms with Crippen LogP contribution in [0.2, 0.25) is 0 Å². The molecule has 31 heavy (non-hydrogen) atoms. The third kappa shape index (κ3) is 4.42. The zero-order chi connectivity index (χ0) is 22.0. The maximum absolute atomic E-state index is 12.4. The highest BCUT2D eigenvalue weighted by Gasteiger charge is 2.20. The lowest BCUT2D eigenvalue weighted by molar-refractivity contribution is -0.115. The fourth-order valence-corrected chi connectivity index (χ4v) is 5.22. The topological polar surface area (TPSA) is 77.1 Å². The summed E-state index contributed by atoms with van der Waals surface area (Å²) in [6.45, 7) is 8.40. The number of anilines is 2. The van der Waals surface area contributed by atoms with Crippen molar-refractivity contribution in [2.75, 3.05) is 4.90 Å². The largest absolute Gasteiger partial charge is 0.461 e. The molecule has 7 nitrogen and oxygen atoms in total. The second-order valence-electron chi connectivity index (χ2n) is 7.08. The summed E-state index contributed by atoms with van der Waals surface area (Å²) in [4.78, 5) is 18.8. The highest BCUT2D eigenvalue weighted by Crippen LogP contribution is 2.33. The normalized spacial score (nSPS) is 11.1. The van der Waals surface area contributed by atoms with Crippen LogP contribution in [0.4, 0.5) is 10.8 Å². The Kier molecular flexibility index (Phi) is 6.24. The van der Waals surface area contributed by atoms with Crippen LogP contribution in [-0.2, 0) is 17.1 Å². The predicted octanol–water partition coefficient (Wildman–Crippen LogP) is 5.61. The SMILES string of the molecule is CCn1c(SCc2csc(N(C(C)=O)c3ccc(C)cc3C)n2)nnc1-c1ccco1. The molecule has 0 atom stereocenters. The summed E-state index contributed by atoms with van der Waals surface area (Å²) in [7, 11) is 0. The van der Waals surface area contributed by atoms with Gasteiger partial charge in [-0.05, 0) is 44.5 Å². The standard InChI is InChI=1S/C22H23N5O2S2/c1-5-26-20(19-7-6-10-29-19)24-25-22(26)31-13-17-12-30-21(23-17)27(16(4)28)18-9-8-14(2)11-15(18)3/h6-12H,5,13H2,1-4H3. The lowest BCUT2D eigenvalue weighted by Crippen LogP contribution is -2.23. The number of benzene rings is 1. The van der Waals surface area contributed by atoms with Gasteiger partial charge in [0, 0.05) is 24.6 Å². The molecule has 0 N–H and O–H groups in total. The van der Waals surface area contributed by atoms with Gasteiger partial charge >= 0.3 is 0 Å². The maximum Gasteiger partial charge on any atom is 0.230 e.